The van der Waals surface area contributed by atoms with Gasteiger partial charge in [0.15, 0.2) is 6.10 Å². The Kier molecular flexibility index (Phi) is 7.02. The van der Waals surface area contributed by atoms with Crippen LogP contribution in [-0.4, -0.2) is 59.7 Å². The van der Waals surface area contributed by atoms with E-state index >= 15 is 0 Å². The standard InChI is InChI=1S/C25H27FN4O3/c1-3-32-21-8-10-22(11-9-21)33-18(2)25(31)30-14-12-29(13-15-30)24-16-23(27-17-28-24)19-4-6-20(26)7-5-19/h4-11,16-18H,3,12-15H2,1-2H3. The van der Waals surface area contributed by atoms with E-state index in [1.165, 1.54) is 18.5 Å². The smallest absolute Gasteiger partial charge is 0.263 e. The van der Waals surface area contributed by atoms with Crippen LogP contribution in [0.5, 0.6) is 11.5 Å². The third-order valence-corrected chi connectivity index (χ3v) is 5.50. The number of anilines is 1. The van der Waals surface area contributed by atoms with E-state index in [2.05, 4.69) is 14.9 Å². The van der Waals surface area contributed by atoms with E-state index in [-0.39, 0.29) is 11.7 Å². The molecule has 1 aliphatic heterocycles. The summed E-state index contributed by atoms with van der Waals surface area (Å²) in [6.45, 7) is 6.76. The number of carbonyl (C=O) groups is 1. The van der Waals surface area contributed by atoms with Gasteiger partial charge in [-0.2, -0.15) is 0 Å². The lowest BCUT2D eigenvalue weighted by atomic mass is 10.1. The van der Waals surface area contributed by atoms with Gasteiger partial charge < -0.3 is 19.3 Å². The zero-order chi connectivity index (χ0) is 23.2. The topological polar surface area (TPSA) is 67.8 Å². The molecule has 1 atom stereocenters. The summed E-state index contributed by atoms with van der Waals surface area (Å²) in [7, 11) is 0. The number of amides is 1. The number of piperazine rings is 1. The molecule has 7 nitrogen and oxygen atoms in total. The molecule has 0 radical (unpaired) electrons. The van der Waals surface area contributed by atoms with E-state index in [0.29, 0.717) is 38.5 Å². The molecule has 0 saturated carbocycles. The number of ether oxygens (including phenoxy) is 2. The van der Waals surface area contributed by atoms with Crippen LogP contribution < -0.4 is 14.4 Å². The molecular weight excluding hydrogens is 423 g/mol. The molecule has 0 bridgehead atoms. The second-order valence-electron chi connectivity index (χ2n) is 7.75. The normalized spacial score (nSPS) is 14.6. The molecule has 0 aliphatic carbocycles. The van der Waals surface area contributed by atoms with Crippen LogP contribution >= 0.6 is 0 Å². The van der Waals surface area contributed by atoms with Crippen LogP contribution in [0.4, 0.5) is 10.2 Å². The van der Waals surface area contributed by atoms with Crippen molar-refractivity contribution in [3.8, 4) is 22.8 Å². The fraction of sp³-hybridized carbons (Fsp3) is 0.320. The summed E-state index contributed by atoms with van der Waals surface area (Å²) in [5.74, 6) is 1.86. The van der Waals surface area contributed by atoms with Crippen molar-refractivity contribution >= 4 is 11.7 Å². The summed E-state index contributed by atoms with van der Waals surface area (Å²) in [5, 5.41) is 0. The maximum absolute atomic E-state index is 13.2. The minimum Gasteiger partial charge on any atom is -0.494 e. The molecule has 1 fully saturated rings. The third-order valence-electron chi connectivity index (χ3n) is 5.50. The number of hydrogen-bond acceptors (Lipinski definition) is 6. The van der Waals surface area contributed by atoms with Crippen molar-refractivity contribution in [2.45, 2.75) is 20.0 Å². The first-order valence-corrected chi connectivity index (χ1v) is 11.0. The second-order valence-corrected chi connectivity index (χ2v) is 7.75. The Bertz CT molecular complexity index is 1070. The molecule has 33 heavy (non-hydrogen) atoms. The summed E-state index contributed by atoms with van der Waals surface area (Å²) in [6.07, 6.45) is 0.928. The number of rotatable bonds is 7. The molecule has 8 heteroatoms. The monoisotopic (exact) mass is 450 g/mol. The third kappa shape index (κ3) is 5.58. The highest BCUT2D eigenvalue weighted by Crippen LogP contribution is 2.23. The fourth-order valence-electron chi connectivity index (χ4n) is 3.75. The lowest BCUT2D eigenvalue weighted by Crippen LogP contribution is -2.52. The van der Waals surface area contributed by atoms with Crippen molar-refractivity contribution in [3.05, 3.63) is 66.7 Å². The summed E-state index contributed by atoms with van der Waals surface area (Å²) in [5.41, 5.74) is 1.56. The highest BCUT2D eigenvalue weighted by Gasteiger charge is 2.26. The van der Waals surface area contributed by atoms with Gasteiger partial charge in [0.1, 0.15) is 29.5 Å². The molecule has 1 aromatic heterocycles. The Hall–Kier alpha value is -3.68. The van der Waals surface area contributed by atoms with Gasteiger partial charge in [-0.1, -0.05) is 0 Å². The molecule has 1 amide bonds. The molecule has 0 spiro atoms. The highest BCUT2D eigenvalue weighted by molar-refractivity contribution is 5.81. The number of benzene rings is 2. The van der Waals surface area contributed by atoms with Crippen LogP contribution in [0.15, 0.2) is 60.9 Å². The molecule has 4 rings (SSSR count). The molecule has 0 N–H and O–H groups in total. The van der Waals surface area contributed by atoms with E-state index in [1.807, 2.05) is 30.0 Å². The summed E-state index contributed by atoms with van der Waals surface area (Å²) in [4.78, 5) is 25.5. The van der Waals surface area contributed by atoms with Crippen molar-refractivity contribution in [1.82, 2.24) is 14.9 Å². The predicted octanol–water partition coefficient (Wildman–Crippen LogP) is 3.80. The lowest BCUT2D eigenvalue weighted by Gasteiger charge is -2.36. The molecule has 1 aliphatic rings. The van der Waals surface area contributed by atoms with Crippen LogP contribution in [0.3, 0.4) is 0 Å². The number of nitrogens with zero attached hydrogens (tertiary/aromatic N) is 4. The van der Waals surface area contributed by atoms with E-state index < -0.39 is 6.10 Å². The van der Waals surface area contributed by atoms with Gasteiger partial charge in [-0.3, -0.25) is 4.79 Å². The van der Waals surface area contributed by atoms with Crippen molar-refractivity contribution in [2.24, 2.45) is 0 Å². The average molecular weight is 451 g/mol. The number of halogens is 1. The highest BCUT2D eigenvalue weighted by atomic mass is 19.1. The lowest BCUT2D eigenvalue weighted by molar-refractivity contribution is -0.138. The molecule has 172 valence electrons. The predicted molar refractivity (Wildman–Crippen MR) is 124 cm³/mol. The van der Waals surface area contributed by atoms with Crippen molar-refractivity contribution in [2.75, 3.05) is 37.7 Å². The quantitative estimate of drug-likeness (QED) is 0.546. The van der Waals surface area contributed by atoms with Gasteiger partial charge in [-0.25, -0.2) is 14.4 Å². The molecule has 2 heterocycles. The molecular formula is C25H27FN4O3. The Balaban J connectivity index is 1.33. The maximum Gasteiger partial charge on any atom is 0.263 e. The van der Waals surface area contributed by atoms with Crippen molar-refractivity contribution in [3.63, 3.8) is 0 Å². The van der Waals surface area contributed by atoms with Crippen LogP contribution in [0.1, 0.15) is 13.8 Å². The zero-order valence-electron chi connectivity index (χ0n) is 18.8. The van der Waals surface area contributed by atoms with Gasteiger partial charge in [-0.15, -0.1) is 0 Å². The van der Waals surface area contributed by atoms with Crippen LogP contribution in [0.2, 0.25) is 0 Å². The van der Waals surface area contributed by atoms with Gasteiger partial charge in [0.2, 0.25) is 0 Å². The van der Waals surface area contributed by atoms with Crippen LogP contribution in [-0.2, 0) is 4.79 Å². The zero-order valence-corrected chi connectivity index (χ0v) is 18.8. The number of aromatic nitrogens is 2. The molecule has 1 saturated heterocycles. The first kappa shape index (κ1) is 22.5. The summed E-state index contributed by atoms with van der Waals surface area (Å²) in [6, 6.07) is 15.4. The van der Waals surface area contributed by atoms with Gasteiger partial charge in [0.25, 0.3) is 5.91 Å². The van der Waals surface area contributed by atoms with Gasteiger partial charge in [0.05, 0.1) is 12.3 Å². The first-order chi connectivity index (χ1) is 16.0. The largest absolute Gasteiger partial charge is 0.494 e. The fourth-order valence-corrected chi connectivity index (χ4v) is 3.75. The second kappa shape index (κ2) is 10.3. The minimum atomic E-state index is -0.585. The Morgan fingerprint density at radius 1 is 1.00 bits per heavy atom. The summed E-state index contributed by atoms with van der Waals surface area (Å²) >= 11 is 0. The first-order valence-electron chi connectivity index (χ1n) is 11.0. The maximum atomic E-state index is 13.2. The Morgan fingerprint density at radius 2 is 1.67 bits per heavy atom. The molecule has 3 aromatic rings. The number of hydrogen-bond donors (Lipinski definition) is 0. The van der Waals surface area contributed by atoms with E-state index in [9.17, 15) is 9.18 Å². The SMILES string of the molecule is CCOc1ccc(OC(C)C(=O)N2CCN(c3cc(-c4ccc(F)cc4)ncn3)CC2)cc1. The summed E-state index contributed by atoms with van der Waals surface area (Å²) < 4.78 is 24.5. The molecule has 2 aromatic carbocycles. The number of carbonyl (C=O) groups excluding carboxylic acids is 1. The van der Waals surface area contributed by atoms with Crippen molar-refractivity contribution in [1.29, 1.82) is 0 Å². The van der Waals surface area contributed by atoms with Crippen LogP contribution in [0, 0.1) is 5.82 Å². The van der Waals surface area contributed by atoms with Crippen LogP contribution in [0.25, 0.3) is 11.3 Å². The Morgan fingerprint density at radius 3 is 2.33 bits per heavy atom. The van der Waals surface area contributed by atoms with Gasteiger partial charge >= 0.3 is 0 Å². The van der Waals surface area contributed by atoms with E-state index in [4.69, 9.17) is 9.47 Å². The van der Waals surface area contributed by atoms with Crippen molar-refractivity contribution < 1.29 is 18.7 Å². The van der Waals surface area contributed by atoms with Gasteiger partial charge in [-0.05, 0) is 62.4 Å². The van der Waals surface area contributed by atoms with E-state index in [1.54, 1.807) is 31.2 Å². The average Bonchev–Trinajstić information content (AvgIpc) is 2.85. The Labute approximate surface area is 192 Å². The van der Waals surface area contributed by atoms with Gasteiger partial charge in [0, 0.05) is 37.8 Å². The minimum absolute atomic E-state index is 0.0433. The molecule has 1 unspecified atom stereocenters. The van der Waals surface area contributed by atoms with E-state index in [0.717, 1.165) is 22.8 Å².